The highest BCUT2D eigenvalue weighted by Crippen LogP contribution is 2.43. The molecular weight excluding hydrogens is 609 g/mol. The number of benzene rings is 2. The molecule has 3 aliphatic heterocycles. The summed E-state index contributed by atoms with van der Waals surface area (Å²) >= 11 is 0. The van der Waals surface area contributed by atoms with Gasteiger partial charge in [0.15, 0.2) is 5.82 Å². The quantitative estimate of drug-likeness (QED) is 0.266. The lowest BCUT2D eigenvalue weighted by Crippen LogP contribution is -2.51. The van der Waals surface area contributed by atoms with Crippen molar-refractivity contribution in [3.63, 3.8) is 0 Å². The molecule has 4 aromatic rings. The number of hydrogen-bond donors (Lipinski definition) is 2. The van der Waals surface area contributed by atoms with Gasteiger partial charge >= 0.3 is 6.01 Å². The van der Waals surface area contributed by atoms with Crippen molar-refractivity contribution in [2.75, 3.05) is 58.4 Å². The Morgan fingerprint density at radius 2 is 1.94 bits per heavy atom. The number of aromatic nitrogens is 3. The van der Waals surface area contributed by atoms with Crippen molar-refractivity contribution in [3.05, 3.63) is 41.5 Å². The second-order valence-electron chi connectivity index (χ2n) is 13.0. The number of rotatable bonds is 7. The third kappa shape index (κ3) is 5.45. The summed E-state index contributed by atoms with van der Waals surface area (Å²) < 4.78 is 82.0. The van der Waals surface area contributed by atoms with E-state index in [0.717, 1.165) is 12.8 Å². The van der Waals surface area contributed by atoms with Crippen LogP contribution in [0, 0.1) is 35.3 Å². The first-order chi connectivity index (χ1) is 23.8. The number of nitrogens with one attached hydrogen (secondary N) is 1. The lowest BCUT2D eigenvalue weighted by Gasteiger charge is -2.43. The molecule has 9 nitrogen and oxygen atoms in total. The molecule has 0 radical (unpaired) electrons. The number of piperazine rings is 1. The Morgan fingerprint density at radius 1 is 1.15 bits per heavy atom. The average Bonchev–Trinajstić information content (AvgIpc) is 3.43. The molecule has 3 saturated heterocycles. The molecule has 7 rings (SSSR count). The molecule has 246 valence electrons. The van der Waals surface area contributed by atoms with Gasteiger partial charge in [-0.3, -0.25) is 4.39 Å². The number of halogens is 3. The molecule has 2 aromatic heterocycles. The lowest BCUT2D eigenvalue weighted by atomic mass is 9.73. The lowest BCUT2D eigenvalue weighted by molar-refractivity contribution is 0.000321. The molecule has 4 atom stereocenters. The first-order valence-electron chi connectivity index (χ1n) is 17.2. The summed E-state index contributed by atoms with van der Waals surface area (Å²) in [5, 5.41) is 14.9. The molecule has 2 bridgehead atoms. The van der Waals surface area contributed by atoms with Gasteiger partial charge in [-0.2, -0.15) is 9.97 Å². The standard InChI is InChI=1S/C35H37F3N6O3/c1-5-24-26(37)9-6-19-12-23(45)13-25(27(19)24)30-29(38)31-28(33(40-30)46-4)32(44-15-21-7-8-22(16-44)39-21)42-34(41-31)47-18-35(2)17-43(3)11-10-20(35)14-36/h1,6,9,12-13,20-22,39,45H,7-8,10-11,14-18H2,2-4H3/t20-,21-,22+,35+/m1/s1/i3D3. The zero-order valence-electron chi connectivity index (χ0n) is 29.1. The van der Waals surface area contributed by atoms with Crippen LogP contribution in [0.1, 0.15) is 35.9 Å². The van der Waals surface area contributed by atoms with Gasteiger partial charge < -0.3 is 29.7 Å². The van der Waals surface area contributed by atoms with Crippen LogP contribution in [-0.2, 0) is 0 Å². The first kappa shape index (κ1) is 27.7. The van der Waals surface area contributed by atoms with E-state index in [2.05, 4.69) is 21.2 Å². The number of aromatic hydroxyl groups is 1. The Morgan fingerprint density at radius 3 is 2.64 bits per heavy atom. The molecule has 2 N–H and O–H groups in total. The number of alkyl halides is 1. The molecule has 0 spiro atoms. The highest BCUT2D eigenvalue weighted by atomic mass is 19.1. The molecular formula is C35H37F3N6O3. The number of anilines is 1. The molecule has 12 heteroatoms. The fourth-order valence-corrected chi connectivity index (χ4v) is 7.41. The van der Waals surface area contributed by atoms with Gasteiger partial charge in [0.2, 0.25) is 5.88 Å². The van der Waals surface area contributed by atoms with Crippen molar-refractivity contribution in [2.45, 2.75) is 38.3 Å². The second-order valence-corrected chi connectivity index (χ2v) is 13.0. The van der Waals surface area contributed by atoms with Crippen LogP contribution in [0.15, 0.2) is 24.3 Å². The number of ether oxygens (including phenoxy) is 2. The van der Waals surface area contributed by atoms with Gasteiger partial charge in [0, 0.05) is 52.2 Å². The summed E-state index contributed by atoms with van der Waals surface area (Å²) in [6.45, 7) is 0.000257. The number of phenols is 1. The van der Waals surface area contributed by atoms with Gasteiger partial charge in [0.05, 0.1) is 26.0 Å². The van der Waals surface area contributed by atoms with Crippen LogP contribution in [0.25, 0.3) is 32.9 Å². The zero-order chi connectivity index (χ0) is 35.5. The molecule has 0 amide bonds. The summed E-state index contributed by atoms with van der Waals surface area (Å²) in [5.41, 5.74) is -1.52. The third-order valence-corrected chi connectivity index (χ3v) is 9.88. The van der Waals surface area contributed by atoms with Crippen LogP contribution in [0.3, 0.4) is 0 Å². The minimum Gasteiger partial charge on any atom is -0.508 e. The molecule has 5 heterocycles. The average molecular weight is 650 g/mol. The topological polar surface area (TPSA) is 95.9 Å². The smallest absolute Gasteiger partial charge is 0.319 e. The van der Waals surface area contributed by atoms with Crippen LogP contribution in [0.5, 0.6) is 17.6 Å². The number of pyridine rings is 1. The Hall–Kier alpha value is -4.34. The van der Waals surface area contributed by atoms with Gasteiger partial charge in [0.25, 0.3) is 0 Å². The van der Waals surface area contributed by atoms with Gasteiger partial charge in [-0.15, -0.1) is 6.42 Å². The van der Waals surface area contributed by atoms with E-state index in [0.29, 0.717) is 30.7 Å². The van der Waals surface area contributed by atoms with E-state index < -0.39 is 36.6 Å². The van der Waals surface area contributed by atoms with Gasteiger partial charge in [-0.1, -0.05) is 18.9 Å². The number of likely N-dealkylation sites (tertiary alicyclic amines) is 1. The number of hydrogen-bond acceptors (Lipinski definition) is 9. The van der Waals surface area contributed by atoms with E-state index in [1.807, 2.05) is 4.90 Å². The number of terminal acetylenes is 1. The van der Waals surface area contributed by atoms with Crippen molar-refractivity contribution in [1.29, 1.82) is 0 Å². The molecule has 0 aliphatic carbocycles. The summed E-state index contributed by atoms with van der Waals surface area (Å²) in [7, 11) is 1.38. The Kier molecular flexibility index (Phi) is 7.10. The maximum Gasteiger partial charge on any atom is 0.319 e. The van der Waals surface area contributed by atoms with Crippen molar-refractivity contribution in [3.8, 4) is 41.2 Å². The molecule has 0 saturated carbocycles. The van der Waals surface area contributed by atoms with Crippen molar-refractivity contribution in [2.24, 2.45) is 11.3 Å². The molecule has 47 heavy (non-hydrogen) atoms. The summed E-state index contributed by atoms with van der Waals surface area (Å²) in [6, 6.07) is 5.41. The van der Waals surface area contributed by atoms with Crippen molar-refractivity contribution < 1.29 is 31.9 Å². The van der Waals surface area contributed by atoms with Crippen LogP contribution < -0.4 is 19.7 Å². The van der Waals surface area contributed by atoms with E-state index in [9.17, 15) is 13.9 Å². The molecule has 2 aromatic carbocycles. The highest BCUT2D eigenvalue weighted by Gasteiger charge is 2.40. The predicted octanol–water partition coefficient (Wildman–Crippen LogP) is 5.07. The maximum atomic E-state index is 17.1. The van der Waals surface area contributed by atoms with E-state index in [1.165, 1.54) is 36.3 Å². The number of piperidine rings is 1. The van der Waals surface area contributed by atoms with E-state index in [-0.39, 0.29) is 82.5 Å². The number of fused-ring (bicyclic) bond motifs is 4. The van der Waals surface area contributed by atoms with Gasteiger partial charge in [-0.25, -0.2) is 13.8 Å². The van der Waals surface area contributed by atoms with Crippen molar-refractivity contribution in [1.82, 2.24) is 25.2 Å². The van der Waals surface area contributed by atoms with Crippen LogP contribution >= 0.6 is 0 Å². The monoisotopic (exact) mass is 649 g/mol. The van der Waals surface area contributed by atoms with Crippen LogP contribution in [0.4, 0.5) is 19.0 Å². The Bertz CT molecular complexity index is 2020. The van der Waals surface area contributed by atoms with Crippen LogP contribution in [0.2, 0.25) is 0 Å². The van der Waals surface area contributed by atoms with Crippen LogP contribution in [-0.4, -0.2) is 90.6 Å². The highest BCUT2D eigenvalue weighted by molar-refractivity contribution is 6.04. The second kappa shape index (κ2) is 12.0. The summed E-state index contributed by atoms with van der Waals surface area (Å²) in [5.74, 6) is 0.339. The molecule has 3 aliphatic rings. The van der Waals surface area contributed by atoms with E-state index in [4.69, 9.17) is 25.0 Å². The fraction of sp³-hybridized carbons (Fsp3) is 0.457. The number of nitrogens with zero attached hydrogens (tertiary/aromatic N) is 5. The van der Waals surface area contributed by atoms with Gasteiger partial charge in [-0.05, 0) is 62.3 Å². The minimum absolute atomic E-state index is 0.0102. The van der Waals surface area contributed by atoms with E-state index >= 15 is 4.39 Å². The minimum atomic E-state index is -2.36. The largest absolute Gasteiger partial charge is 0.508 e. The number of methoxy groups -OCH3 is 1. The fourth-order valence-electron chi connectivity index (χ4n) is 7.41. The number of phenolic OH excluding ortho intramolecular Hbond substituents is 1. The third-order valence-electron chi connectivity index (χ3n) is 9.88. The van der Waals surface area contributed by atoms with E-state index in [1.54, 1.807) is 6.92 Å². The summed E-state index contributed by atoms with van der Waals surface area (Å²) in [4.78, 5) is 17.2. The van der Waals surface area contributed by atoms with Gasteiger partial charge in [0.1, 0.15) is 34.0 Å². The predicted molar refractivity (Wildman–Crippen MR) is 174 cm³/mol. The zero-order valence-corrected chi connectivity index (χ0v) is 26.1. The first-order valence-corrected chi connectivity index (χ1v) is 15.7. The SMILES string of the molecule is [2H]C([2H])([2H])N1CC[C@H](CF)[C@](C)(COc2nc(N3C[C@H]4CC[C@@H](C3)N4)c3c(OC)nc(-c4cc(O)cc5ccc(F)c(C#C)c45)c(F)c3n2)C1. The molecule has 3 fully saturated rings. The normalized spacial score (nSPS) is 25.7. The van der Waals surface area contributed by atoms with Crippen molar-refractivity contribution >= 4 is 27.5 Å². The Labute approximate surface area is 275 Å². The summed E-state index contributed by atoms with van der Waals surface area (Å²) in [6.07, 6.45) is 7.94. The Balaban J connectivity index is 1.40. The maximum absolute atomic E-state index is 17.1. The molecule has 0 unspecified atom stereocenters.